The lowest BCUT2D eigenvalue weighted by Crippen LogP contribution is -2.38. The summed E-state index contributed by atoms with van der Waals surface area (Å²) in [6.45, 7) is 7.10. The molecular weight excluding hydrogens is 170 g/mol. The van der Waals surface area contributed by atoms with Crippen molar-refractivity contribution in [3.63, 3.8) is 0 Å². The highest BCUT2D eigenvalue weighted by molar-refractivity contribution is 5.82. The normalized spacial score (nSPS) is 13.5. The van der Waals surface area contributed by atoms with Gasteiger partial charge in [0.05, 0.1) is 5.92 Å². The van der Waals surface area contributed by atoms with Crippen LogP contribution in [0.5, 0.6) is 0 Å². The van der Waals surface area contributed by atoms with Gasteiger partial charge in [-0.1, -0.05) is 27.7 Å². The Morgan fingerprint density at radius 3 is 2.15 bits per heavy atom. The highest BCUT2D eigenvalue weighted by atomic mass is 16.4. The van der Waals surface area contributed by atoms with Gasteiger partial charge in [-0.15, -0.1) is 0 Å². The van der Waals surface area contributed by atoms with E-state index in [-0.39, 0.29) is 12.5 Å². The van der Waals surface area contributed by atoms with Crippen LogP contribution >= 0.6 is 0 Å². The largest absolute Gasteiger partial charge is 0.481 e. The Balaban J connectivity index is 3.91. The standard InChI is InChI=1S/C9H17NO3/c1-6(7(11)12)5-10-8(13)9(2,3)4/h6H,5H2,1-4H3,(H,10,13)(H,11,12). The summed E-state index contributed by atoms with van der Waals surface area (Å²) in [7, 11) is 0. The van der Waals surface area contributed by atoms with Crippen molar-refractivity contribution < 1.29 is 14.7 Å². The maximum atomic E-state index is 11.3. The van der Waals surface area contributed by atoms with Gasteiger partial charge in [0.25, 0.3) is 0 Å². The van der Waals surface area contributed by atoms with Crippen molar-refractivity contribution in [1.29, 1.82) is 0 Å². The van der Waals surface area contributed by atoms with E-state index in [4.69, 9.17) is 5.11 Å². The molecule has 0 rings (SSSR count). The molecule has 76 valence electrons. The Hall–Kier alpha value is -1.06. The van der Waals surface area contributed by atoms with Crippen LogP contribution in [0.4, 0.5) is 0 Å². The molecular formula is C9H17NO3. The Morgan fingerprint density at radius 2 is 1.85 bits per heavy atom. The zero-order chi connectivity index (χ0) is 10.6. The number of hydrogen-bond donors (Lipinski definition) is 2. The fourth-order valence-electron chi connectivity index (χ4n) is 0.598. The number of aliphatic carboxylic acids is 1. The van der Waals surface area contributed by atoms with Gasteiger partial charge < -0.3 is 10.4 Å². The number of carbonyl (C=O) groups excluding carboxylic acids is 1. The molecule has 4 nitrogen and oxygen atoms in total. The number of carboxylic acids is 1. The van der Waals surface area contributed by atoms with E-state index in [9.17, 15) is 9.59 Å². The summed E-state index contributed by atoms with van der Waals surface area (Å²) in [6, 6.07) is 0. The van der Waals surface area contributed by atoms with Crippen molar-refractivity contribution in [2.24, 2.45) is 11.3 Å². The zero-order valence-corrected chi connectivity index (χ0v) is 8.55. The van der Waals surface area contributed by atoms with Crippen molar-refractivity contribution in [2.75, 3.05) is 6.54 Å². The van der Waals surface area contributed by atoms with Gasteiger partial charge in [-0.25, -0.2) is 0 Å². The van der Waals surface area contributed by atoms with Gasteiger partial charge in [-0.2, -0.15) is 0 Å². The molecule has 0 saturated carbocycles. The van der Waals surface area contributed by atoms with Gasteiger partial charge in [-0.05, 0) is 0 Å². The van der Waals surface area contributed by atoms with Crippen molar-refractivity contribution in [3.05, 3.63) is 0 Å². The quantitative estimate of drug-likeness (QED) is 0.689. The summed E-state index contributed by atoms with van der Waals surface area (Å²) in [5, 5.41) is 11.1. The average Bonchev–Trinajstić information content (AvgIpc) is 1.97. The topological polar surface area (TPSA) is 66.4 Å². The van der Waals surface area contributed by atoms with Crippen LogP contribution in [0.3, 0.4) is 0 Å². The van der Waals surface area contributed by atoms with E-state index < -0.39 is 17.3 Å². The van der Waals surface area contributed by atoms with E-state index in [1.807, 2.05) is 0 Å². The lowest BCUT2D eigenvalue weighted by atomic mass is 9.95. The monoisotopic (exact) mass is 187 g/mol. The maximum absolute atomic E-state index is 11.3. The average molecular weight is 187 g/mol. The molecule has 0 heterocycles. The van der Waals surface area contributed by atoms with E-state index >= 15 is 0 Å². The predicted molar refractivity (Wildman–Crippen MR) is 49.3 cm³/mol. The molecule has 0 aromatic carbocycles. The summed E-state index contributed by atoms with van der Waals surface area (Å²) in [4.78, 5) is 21.7. The first-order valence-electron chi connectivity index (χ1n) is 4.26. The molecule has 4 heteroatoms. The molecule has 0 saturated heterocycles. The van der Waals surface area contributed by atoms with Crippen LogP contribution in [0.25, 0.3) is 0 Å². The molecule has 0 aliphatic rings. The SMILES string of the molecule is CC(CNC(=O)C(C)(C)C)C(=O)O. The van der Waals surface area contributed by atoms with E-state index in [0.29, 0.717) is 0 Å². The fourth-order valence-corrected chi connectivity index (χ4v) is 0.598. The van der Waals surface area contributed by atoms with Gasteiger partial charge in [-0.3, -0.25) is 9.59 Å². The molecule has 2 N–H and O–H groups in total. The second-order valence-corrected chi connectivity index (χ2v) is 4.20. The molecule has 0 aliphatic heterocycles. The van der Waals surface area contributed by atoms with Crippen molar-refractivity contribution in [1.82, 2.24) is 5.32 Å². The van der Waals surface area contributed by atoms with Crippen molar-refractivity contribution in [3.8, 4) is 0 Å². The third-order valence-corrected chi connectivity index (χ3v) is 1.67. The predicted octanol–water partition coefficient (Wildman–Crippen LogP) is 0.869. The van der Waals surface area contributed by atoms with Crippen LogP contribution in [-0.4, -0.2) is 23.5 Å². The van der Waals surface area contributed by atoms with Gasteiger partial charge in [0.2, 0.25) is 5.91 Å². The van der Waals surface area contributed by atoms with E-state index in [2.05, 4.69) is 5.32 Å². The lowest BCUT2D eigenvalue weighted by molar-refractivity contribution is -0.141. The van der Waals surface area contributed by atoms with E-state index in [1.54, 1.807) is 27.7 Å². The molecule has 1 atom stereocenters. The van der Waals surface area contributed by atoms with Crippen LogP contribution in [-0.2, 0) is 9.59 Å². The Morgan fingerprint density at radius 1 is 1.38 bits per heavy atom. The molecule has 0 fully saturated rings. The first-order chi connectivity index (χ1) is 5.75. The van der Waals surface area contributed by atoms with Crippen LogP contribution < -0.4 is 5.32 Å². The highest BCUT2D eigenvalue weighted by Crippen LogP contribution is 2.12. The Kier molecular flexibility index (Phi) is 3.91. The molecule has 1 amide bonds. The second kappa shape index (κ2) is 4.25. The number of nitrogens with one attached hydrogen (secondary N) is 1. The highest BCUT2D eigenvalue weighted by Gasteiger charge is 2.22. The van der Waals surface area contributed by atoms with Crippen molar-refractivity contribution >= 4 is 11.9 Å². The second-order valence-electron chi connectivity index (χ2n) is 4.20. The minimum Gasteiger partial charge on any atom is -0.481 e. The molecule has 0 bridgehead atoms. The van der Waals surface area contributed by atoms with Crippen molar-refractivity contribution in [2.45, 2.75) is 27.7 Å². The van der Waals surface area contributed by atoms with Crippen LogP contribution in [0.15, 0.2) is 0 Å². The molecule has 0 aromatic heterocycles. The first-order valence-corrected chi connectivity index (χ1v) is 4.26. The summed E-state index contributed by atoms with van der Waals surface area (Å²) in [6.07, 6.45) is 0. The third-order valence-electron chi connectivity index (χ3n) is 1.67. The summed E-state index contributed by atoms with van der Waals surface area (Å²) in [5.41, 5.74) is -0.460. The summed E-state index contributed by atoms with van der Waals surface area (Å²) in [5.74, 6) is -1.55. The first kappa shape index (κ1) is 11.9. The minimum atomic E-state index is -0.894. The molecule has 0 aliphatic carbocycles. The number of hydrogen-bond acceptors (Lipinski definition) is 2. The fraction of sp³-hybridized carbons (Fsp3) is 0.778. The molecule has 0 spiro atoms. The molecule has 13 heavy (non-hydrogen) atoms. The van der Waals surface area contributed by atoms with E-state index in [0.717, 1.165) is 0 Å². The van der Waals surface area contributed by atoms with Crippen LogP contribution in [0.1, 0.15) is 27.7 Å². The summed E-state index contributed by atoms with van der Waals surface area (Å²) < 4.78 is 0. The number of rotatable bonds is 3. The lowest BCUT2D eigenvalue weighted by Gasteiger charge is -2.18. The van der Waals surface area contributed by atoms with Gasteiger partial charge in [0, 0.05) is 12.0 Å². The zero-order valence-electron chi connectivity index (χ0n) is 8.55. The number of carbonyl (C=O) groups is 2. The maximum Gasteiger partial charge on any atom is 0.308 e. The minimum absolute atomic E-state index is 0.124. The van der Waals surface area contributed by atoms with E-state index in [1.165, 1.54) is 0 Å². The van der Waals surface area contributed by atoms with Gasteiger partial charge in [0.15, 0.2) is 0 Å². The number of carboxylic acid groups (broad SMARTS) is 1. The van der Waals surface area contributed by atoms with Gasteiger partial charge in [0.1, 0.15) is 0 Å². The summed E-state index contributed by atoms with van der Waals surface area (Å²) >= 11 is 0. The molecule has 0 radical (unpaired) electrons. The molecule has 1 unspecified atom stereocenters. The molecule has 0 aromatic rings. The number of amides is 1. The third kappa shape index (κ3) is 4.50. The van der Waals surface area contributed by atoms with Crippen LogP contribution in [0.2, 0.25) is 0 Å². The van der Waals surface area contributed by atoms with Crippen LogP contribution in [0, 0.1) is 11.3 Å². The Labute approximate surface area is 78.3 Å². The Bertz CT molecular complexity index is 205. The smallest absolute Gasteiger partial charge is 0.308 e. The van der Waals surface area contributed by atoms with Gasteiger partial charge >= 0.3 is 5.97 Å².